The van der Waals surface area contributed by atoms with Crippen LogP contribution in [0.2, 0.25) is 0 Å². The van der Waals surface area contributed by atoms with Crippen molar-refractivity contribution in [3.8, 4) is 0 Å². The molecule has 4 aromatic rings. The van der Waals surface area contributed by atoms with Crippen molar-refractivity contribution in [2.24, 2.45) is 32.9 Å². The van der Waals surface area contributed by atoms with E-state index < -0.39 is 59.9 Å². The zero-order valence-electron chi connectivity index (χ0n) is 53.5. The minimum absolute atomic E-state index is 0.0792. The van der Waals surface area contributed by atoms with Gasteiger partial charge in [0.25, 0.3) is 0 Å². The number of amides is 6. The van der Waals surface area contributed by atoms with Crippen molar-refractivity contribution < 1.29 is 38.4 Å². The summed E-state index contributed by atoms with van der Waals surface area (Å²) in [5, 5.41) is 17.3. The summed E-state index contributed by atoms with van der Waals surface area (Å²) < 4.78 is 0. The van der Waals surface area contributed by atoms with Gasteiger partial charge in [0.1, 0.15) is 24.2 Å². The summed E-state index contributed by atoms with van der Waals surface area (Å²) in [6, 6.07) is 31.3. The molecular weight excluding hydrogens is 1210 g/mol. The molecule has 4 rings (SSSR count). The van der Waals surface area contributed by atoms with Gasteiger partial charge in [-0.15, -0.1) is 23.2 Å². The quantitative estimate of drug-likeness (QED) is 0.00884. The molecule has 22 heteroatoms. The summed E-state index contributed by atoms with van der Waals surface area (Å²) in [4.78, 5) is 116. The summed E-state index contributed by atoms with van der Waals surface area (Å²) in [5.74, 6) is -4.18. The number of unbranched alkanes of at least 4 members (excludes halogenated alkanes) is 15. The number of aliphatic imine (C=N–C) groups is 2. The SMILES string of the molecule is NC(N)=NCCC[C@H](NC(=O)[C@H](Cc1ccccc1)NC(=O)[C@H](Cc1ccccc1)NC(=O)CCCCCCCCCCCCCCCCCCC(=O)N[C@@H](Cc1ccccc1)C(=O)N[C@@H](Cc1ccccc1)C(=O)N[C@@H](CCCN=C(N)N)C(=O)CCl)C(=O)CCl. The minimum Gasteiger partial charge on any atom is -0.370 e. The number of rotatable bonds is 49. The number of nitrogens with two attached hydrogens (primary N) is 4. The standard InChI is InChI=1S/C70H100Cl2N12O8/c71-49-61(85)55(39-29-43-77-69(73)74)81-67(91)59(47-53-35-23-17-24-36-53)83-65(89)57(45-51-31-19-15-20-32-51)79-63(87)41-27-13-11-9-7-5-3-1-2-4-6-8-10-12-14-28-42-64(88)80-58(46-52-33-21-16-22-34-52)66(90)84-60(48-54-37-25-18-26-38-54)68(92)82-56(62(86)50-72)40-30-44-78-70(75)76/h15-26,31-38,55-60H,1-14,27-30,39-50H2,(H,79,87)(H,80,88)(H,81,91)(H,82,92)(H,83,89)(H,84,90)(H4,73,74,77)(H4,75,76,78)/t55-,56-,57-,58-,59-,60-/m0/s1. The molecule has 0 aliphatic heterocycles. The van der Waals surface area contributed by atoms with Crippen LogP contribution in [0.4, 0.5) is 0 Å². The van der Waals surface area contributed by atoms with Crippen molar-refractivity contribution in [1.82, 2.24) is 31.9 Å². The monoisotopic (exact) mass is 1310 g/mol. The van der Waals surface area contributed by atoms with E-state index in [1.54, 1.807) is 0 Å². The zero-order valence-corrected chi connectivity index (χ0v) is 55.0. The highest BCUT2D eigenvalue weighted by Gasteiger charge is 2.32. The van der Waals surface area contributed by atoms with E-state index in [4.69, 9.17) is 46.1 Å². The molecule has 0 aromatic heterocycles. The van der Waals surface area contributed by atoms with Gasteiger partial charge in [-0.05, 0) is 60.8 Å². The van der Waals surface area contributed by atoms with Crippen LogP contribution in [0.15, 0.2) is 131 Å². The first-order chi connectivity index (χ1) is 44.5. The zero-order chi connectivity index (χ0) is 66.6. The lowest BCUT2D eigenvalue weighted by molar-refractivity contribution is -0.133. The van der Waals surface area contributed by atoms with Crippen LogP contribution in [0.5, 0.6) is 0 Å². The number of carbonyl (C=O) groups is 8. The fraction of sp³-hybridized carbons (Fsp3) is 0.514. The molecular formula is C70H100Cl2N12O8. The average molecular weight is 1310 g/mol. The Morgan fingerprint density at radius 3 is 0.783 bits per heavy atom. The Morgan fingerprint density at radius 1 is 0.315 bits per heavy atom. The third-order valence-corrected chi connectivity index (χ3v) is 16.3. The molecule has 502 valence electrons. The number of ketones is 2. The van der Waals surface area contributed by atoms with Crippen molar-refractivity contribution in [3.63, 3.8) is 0 Å². The number of benzene rings is 4. The van der Waals surface area contributed by atoms with Crippen LogP contribution in [0.3, 0.4) is 0 Å². The van der Waals surface area contributed by atoms with E-state index in [0.29, 0.717) is 25.7 Å². The number of carbonyl (C=O) groups excluding carboxylic acids is 8. The first kappa shape index (κ1) is 76.6. The number of hydrogen-bond acceptors (Lipinski definition) is 10. The first-order valence-electron chi connectivity index (χ1n) is 32.8. The number of nitrogens with one attached hydrogen (secondary N) is 6. The predicted molar refractivity (Wildman–Crippen MR) is 367 cm³/mol. The Morgan fingerprint density at radius 2 is 0.543 bits per heavy atom. The first-order valence-corrected chi connectivity index (χ1v) is 33.9. The van der Waals surface area contributed by atoms with Crippen LogP contribution < -0.4 is 54.8 Å². The second-order valence-electron chi connectivity index (χ2n) is 23.5. The molecule has 4 aromatic carbocycles. The van der Waals surface area contributed by atoms with Gasteiger partial charge in [0.05, 0.1) is 23.8 Å². The lowest BCUT2D eigenvalue weighted by Crippen LogP contribution is -2.57. The van der Waals surface area contributed by atoms with E-state index in [2.05, 4.69) is 41.9 Å². The van der Waals surface area contributed by atoms with E-state index in [1.165, 1.54) is 38.5 Å². The van der Waals surface area contributed by atoms with Gasteiger partial charge < -0.3 is 54.8 Å². The molecule has 0 aliphatic rings. The topological polar surface area (TPSA) is 338 Å². The molecule has 0 aliphatic carbocycles. The average Bonchev–Trinajstić information content (AvgIpc) is 1.38. The molecule has 0 saturated heterocycles. The van der Waals surface area contributed by atoms with Crippen LogP contribution in [0.25, 0.3) is 0 Å². The lowest BCUT2D eigenvalue weighted by Gasteiger charge is -2.25. The number of nitrogens with zero attached hydrogens (tertiary/aromatic N) is 2. The molecule has 6 amide bonds. The molecule has 0 unspecified atom stereocenters. The maximum atomic E-state index is 14.1. The fourth-order valence-corrected chi connectivity index (χ4v) is 11.1. The molecule has 20 nitrogen and oxygen atoms in total. The number of guanidine groups is 2. The number of Topliss-reactive ketones (excluding diaryl/α,β-unsaturated/α-hetero) is 2. The largest absolute Gasteiger partial charge is 0.370 e. The van der Waals surface area contributed by atoms with Gasteiger partial charge in [-0.25, -0.2) is 0 Å². The molecule has 6 atom stereocenters. The van der Waals surface area contributed by atoms with Gasteiger partial charge >= 0.3 is 0 Å². The summed E-state index contributed by atoms with van der Waals surface area (Å²) >= 11 is 11.9. The van der Waals surface area contributed by atoms with Crippen LogP contribution in [-0.2, 0) is 64.0 Å². The number of alkyl halides is 2. The smallest absolute Gasteiger partial charge is 0.243 e. The summed E-state index contributed by atoms with van der Waals surface area (Å²) in [6.45, 7) is 0.518. The second-order valence-corrected chi connectivity index (χ2v) is 24.0. The fourth-order valence-electron chi connectivity index (χ4n) is 10.7. The van der Waals surface area contributed by atoms with Gasteiger partial charge in [-0.2, -0.15) is 0 Å². The van der Waals surface area contributed by atoms with E-state index in [0.717, 1.165) is 73.6 Å². The van der Waals surface area contributed by atoms with Crippen LogP contribution in [-0.4, -0.2) is 120 Å². The Labute approximate surface area is 554 Å². The normalized spacial score (nSPS) is 12.9. The highest BCUT2D eigenvalue weighted by Crippen LogP contribution is 2.17. The van der Waals surface area contributed by atoms with Gasteiger partial charge in [0.2, 0.25) is 35.4 Å². The summed E-state index contributed by atoms with van der Waals surface area (Å²) in [5.41, 5.74) is 25.1. The van der Waals surface area contributed by atoms with Gasteiger partial charge in [0, 0.05) is 51.6 Å². The lowest BCUT2D eigenvalue weighted by atomic mass is 10.0. The Balaban J connectivity index is 1.12. The third kappa shape index (κ3) is 33.5. The van der Waals surface area contributed by atoms with Crippen LogP contribution >= 0.6 is 23.2 Å². The van der Waals surface area contributed by atoms with E-state index in [-0.39, 0.29) is 112 Å². The van der Waals surface area contributed by atoms with Crippen molar-refractivity contribution >= 4 is 82.1 Å². The van der Waals surface area contributed by atoms with Crippen molar-refractivity contribution in [2.75, 3.05) is 24.8 Å². The van der Waals surface area contributed by atoms with Crippen LogP contribution in [0, 0.1) is 0 Å². The number of hydrogen-bond donors (Lipinski definition) is 10. The molecule has 92 heavy (non-hydrogen) atoms. The second kappa shape index (κ2) is 46.3. The molecule has 0 spiro atoms. The van der Waals surface area contributed by atoms with E-state index in [1.807, 2.05) is 121 Å². The van der Waals surface area contributed by atoms with E-state index in [9.17, 15) is 38.4 Å². The maximum absolute atomic E-state index is 14.1. The summed E-state index contributed by atoms with van der Waals surface area (Å²) in [7, 11) is 0. The van der Waals surface area contributed by atoms with Crippen molar-refractivity contribution in [3.05, 3.63) is 144 Å². The predicted octanol–water partition coefficient (Wildman–Crippen LogP) is 7.61. The van der Waals surface area contributed by atoms with Crippen molar-refractivity contribution in [2.45, 2.75) is 203 Å². The Hall–Kier alpha value is -7.84. The van der Waals surface area contributed by atoms with E-state index >= 15 is 0 Å². The van der Waals surface area contributed by atoms with Gasteiger partial charge in [-0.1, -0.05) is 211 Å². The molecule has 0 fully saturated rings. The summed E-state index contributed by atoms with van der Waals surface area (Å²) in [6.07, 6.45) is 19.3. The highest BCUT2D eigenvalue weighted by atomic mass is 35.5. The van der Waals surface area contributed by atoms with Gasteiger partial charge in [-0.3, -0.25) is 48.3 Å². The molecule has 0 heterocycles. The third-order valence-electron chi connectivity index (χ3n) is 15.8. The molecule has 14 N–H and O–H groups in total. The molecule has 0 bridgehead atoms. The highest BCUT2D eigenvalue weighted by molar-refractivity contribution is 6.29. The van der Waals surface area contributed by atoms with Crippen molar-refractivity contribution in [1.29, 1.82) is 0 Å². The molecule has 0 radical (unpaired) electrons. The Bertz CT molecular complexity index is 2670. The minimum atomic E-state index is -1.07. The van der Waals surface area contributed by atoms with Gasteiger partial charge in [0.15, 0.2) is 23.5 Å². The maximum Gasteiger partial charge on any atom is 0.243 e. The van der Waals surface area contributed by atoms with Crippen LogP contribution in [0.1, 0.15) is 164 Å². The Kier molecular flexibility index (Phi) is 38.5. The number of halogens is 2. The molecule has 0 saturated carbocycles.